The van der Waals surface area contributed by atoms with Gasteiger partial charge in [0.05, 0.1) is 5.75 Å². The van der Waals surface area contributed by atoms with Crippen LogP contribution in [0.3, 0.4) is 0 Å². The second-order valence-corrected chi connectivity index (χ2v) is 8.99. The van der Waals surface area contributed by atoms with Gasteiger partial charge >= 0.3 is 0 Å². The first-order chi connectivity index (χ1) is 14.0. The van der Waals surface area contributed by atoms with Crippen LogP contribution < -0.4 is 10.6 Å². The summed E-state index contributed by atoms with van der Waals surface area (Å²) in [6, 6.07) is 12.4. The summed E-state index contributed by atoms with van der Waals surface area (Å²) in [5, 5.41) is 15.5. The average Bonchev–Trinajstić information content (AvgIpc) is 3.16. The molecule has 0 saturated heterocycles. The minimum absolute atomic E-state index is 0.0236. The highest BCUT2D eigenvalue weighted by molar-refractivity contribution is 8.01. The number of nitrogens with zero attached hydrogens (tertiary/aromatic N) is 2. The number of rotatable bonds is 8. The lowest BCUT2D eigenvalue weighted by molar-refractivity contribution is -0.113. The van der Waals surface area contributed by atoms with Crippen molar-refractivity contribution in [1.82, 2.24) is 10.2 Å². The second kappa shape index (κ2) is 9.89. The quantitative estimate of drug-likeness (QED) is 0.449. The molecule has 0 radical (unpaired) electrons. The molecule has 0 spiro atoms. The van der Waals surface area contributed by atoms with Crippen molar-refractivity contribution in [3.8, 4) is 0 Å². The van der Waals surface area contributed by atoms with Crippen LogP contribution in [0.5, 0.6) is 0 Å². The Labute approximate surface area is 180 Å². The summed E-state index contributed by atoms with van der Waals surface area (Å²) < 4.78 is 0.769. The highest BCUT2D eigenvalue weighted by Crippen LogP contribution is 2.29. The van der Waals surface area contributed by atoms with Gasteiger partial charge in [-0.3, -0.25) is 4.79 Å². The van der Waals surface area contributed by atoms with E-state index in [-0.39, 0.29) is 5.91 Å². The lowest BCUT2D eigenvalue weighted by Crippen LogP contribution is -2.16. The summed E-state index contributed by atoms with van der Waals surface area (Å²) in [5.41, 5.74) is 6.76. The van der Waals surface area contributed by atoms with Gasteiger partial charge in [-0.15, -0.1) is 10.2 Å². The number of anilines is 3. The lowest BCUT2D eigenvalue weighted by atomic mass is 10.0. The summed E-state index contributed by atoms with van der Waals surface area (Å²) >= 11 is 2.86. The Kier molecular flexibility index (Phi) is 7.28. The molecule has 1 heterocycles. The Bertz CT molecular complexity index is 978. The number of carbonyl (C=O) groups is 1. The first-order valence-electron chi connectivity index (χ1n) is 9.71. The van der Waals surface area contributed by atoms with Crippen LogP contribution >= 0.6 is 23.1 Å². The Hall–Kier alpha value is -2.38. The molecular weight excluding hydrogens is 400 g/mol. The Morgan fingerprint density at radius 3 is 2.41 bits per heavy atom. The number of hydrogen-bond acceptors (Lipinski definition) is 6. The maximum atomic E-state index is 12.5. The van der Waals surface area contributed by atoms with E-state index in [0.717, 1.165) is 33.7 Å². The third kappa shape index (κ3) is 5.58. The molecule has 0 aliphatic heterocycles. The highest BCUT2D eigenvalue weighted by atomic mass is 32.2. The van der Waals surface area contributed by atoms with Crippen molar-refractivity contribution >= 4 is 45.5 Å². The van der Waals surface area contributed by atoms with Crippen LogP contribution in [0.2, 0.25) is 0 Å². The predicted octanol–water partition coefficient (Wildman–Crippen LogP) is 5.75. The number of benzene rings is 2. The lowest BCUT2D eigenvalue weighted by Gasteiger charge is -2.14. The van der Waals surface area contributed by atoms with Crippen LogP contribution in [0.1, 0.15) is 36.1 Å². The largest absolute Gasteiger partial charge is 0.330 e. The number of nitrogens with one attached hydrogen (secondary N) is 2. The molecule has 0 atom stereocenters. The topological polar surface area (TPSA) is 66.9 Å². The van der Waals surface area contributed by atoms with E-state index >= 15 is 0 Å². The van der Waals surface area contributed by atoms with Crippen LogP contribution in [-0.4, -0.2) is 21.9 Å². The fourth-order valence-electron chi connectivity index (χ4n) is 2.97. The average molecular weight is 427 g/mol. The summed E-state index contributed by atoms with van der Waals surface area (Å²) in [4.78, 5) is 12.5. The SMILES string of the molecule is CCc1cccc(CC)c1NC(=O)CSc1nnc(Nc2ccc(C)c(C)c2)s1. The summed E-state index contributed by atoms with van der Waals surface area (Å²) in [6.07, 6.45) is 1.78. The Morgan fingerprint density at radius 2 is 1.76 bits per heavy atom. The molecule has 0 aliphatic rings. The van der Waals surface area contributed by atoms with E-state index in [1.807, 2.05) is 12.1 Å². The molecule has 2 N–H and O–H groups in total. The molecule has 29 heavy (non-hydrogen) atoms. The molecule has 1 aromatic heterocycles. The first kappa shape index (κ1) is 21.3. The van der Waals surface area contributed by atoms with Crippen LogP contribution in [0, 0.1) is 13.8 Å². The Morgan fingerprint density at radius 1 is 1.03 bits per heavy atom. The van der Waals surface area contributed by atoms with Crippen molar-refractivity contribution in [2.75, 3.05) is 16.4 Å². The van der Waals surface area contributed by atoms with Gasteiger partial charge in [-0.05, 0) is 61.1 Å². The number of aromatic nitrogens is 2. The Balaban J connectivity index is 1.58. The zero-order valence-electron chi connectivity index (χ0n) is 17.2. The van der Waals surface area contributed by atoms with Gasteiger partial charge in [0.1, 0.15) is 0 Å². The standard InChI is InChI=1S/C22H26N4OS2/c1-5-16-8-7-9-17(6-2)20(16)24-19(27)13-28-22-26-25-21(29-22)23-18-11-10-14(3)15(4)12-18/h7-12H,5-6,13H2,1-4H3,(H,23,25)(H,24,27). The van der Waals surface area contributed by atoms with Crippen LogP contribution in [-0.2, 0) is 17.6 Å². The van der Waals surface area contributed by atoms with E-state index in [2.05, 4.69) is 72.8 Å². The van der Waals surface area contributed by atoms with E-state index in [4.69, 9.17) is 0 Å². The van der Waals surface area contributed by atoms with Gasteiger partial charge in [0.2, 0.25) is 11.0 Å². The number of thioether (sulfide) groups is 1. The number of hydrogen-bond donors (Lipinski definition) is 2. The third-order valence-corrected chi connectivity index (χ3v) is 6.73. The van der Waals surface area contributed by atoms with E-state index in [9.17, 15) is 4.79 Å². The van der Waals surface area contributed by atoms with Crippen molar-refractivity contribution in [3.63, 3.8) is 0 Å². The van der Waals surface area contributed by atoms with Crippen LogP contribution in [0.15, 0.2) is 40.7 Å². The number of carbonyl (C=O) groups excluding carboxylic acids is 1. The molecule has 3 rings (SSSR count). The molecule has 5 nitrogen and oxygen atoms in total. The summed E-state index contributed by atoms with van der Waals surface area (Å²) in [7, 11) is 0. The molecule has 0 bridgehead atoms. The minimum Gasteiger partial charge on any atom is -0.330 e. The van der Waals surface area contributed by atoms with Gasteiger partial charge in [0.15, 0.2) is 4.34 Å². The van der Waals surface area contributed by atoms with E-state index < -0.39 is 0 Å². The maximum Gasteiger partial charge on any atom is 0.234 e. The van der Waals surface area contributed by atoms with Crippen molar-refractivity contribution in [2.24, 2.45) is 0 Å². The van der Waals surface area contributed by atoms with Crippen molar-refractivity contribution in [2.45, 2.75) is 44.9 Å². The summed E-state index contributed by atoms with van der Waals surface area (Å²) in [6.45, 7) is 8.38. The summed E-state index contributed by atoms with van der Waals surface area (Å²) in [5.74, 6) is 0.281. The fourth-order valence-corrected chi connectivity index (χ4v) is 4.54. The molecule has 0 unspecified atom stereocenters. The molecule has 152 valence electrons. The first-order valence-corrected chi connectivity index (χ1v) is 11.5. The van der Waals surface area contributed by atoms with E-state index in [0.29, 0.717) is 5.75 Å². The van der Waals surface area contributed by atoms with Crippen LogP contribution in [0.25, 0.3) is 0 Å². The van der Waals surface area contributed by atoms with Gasteiger partial charge < -0.3 is 10.6 Å². The number of amides is 1. The fraction of sp³-hybridized carbons (Fsp3) is 0.318. The number of para-hydroxylation sites is 1. The molecular formula is C22H26N4OS2. The highest BCUT2D eigenvalue weighted by Gasteiger charge is 2.12. The zero-order chi connectivity index (χ0) is 20.8. The van der Waals surface area contributed by atoms with Gasteiger partial charge in [-0.25, -0.2) is 0 Å². The zero-order valence-corrected chi connectivity index (χ0v) is 18.8. The molecule has 2 aromatic carbocycles. The maximum absolute atomic E-state index is 12.5. The van der Waals surface area contributed by atoms with Crippen molar-refractivity contribution in [1.29, 1.82) is 0 Å². The smallest absolute Gasteiger partial charge is 0.234 e. The van der Waals surface area contributed by atoms with Gasteiger partial charge in [-0.2, -0.15) is 0 Å². The molecule has 0 saturated carbocycles. The second-order valence-electron chi connectivity index (χ2n) is 6.79. The van der Waals surface area contributed by atoms with Gasteiger partial charge in [-0.1, -0.05) is 61.2 Å². The normalized spacial score (nSPS) is 10.8. The molecule has 1 amide bonds. The minimum atomic E-state index is -0.0236. The van der Waals surface area contributed by atoms with Gasteiger partial charge in [0.25, 0.3) is 0 Å². The number of aryl methyl sites for hydroxylation is 4. The van der Waals surface area contributed by atoms with E-state index in [1.54, 1.807) is 0 Å². The third-order valence-electron chi connectivity index (χ3n) is 4.75. The van der Waals surface area contributed by atoms with Crippen molar-refractivity contribution < 1.29 is 4.79 Å². The molecule has 0 aliphatic carbocycles. The predicted molar refractivity (Wildman–Crippen MR) is 124 cm³/mol. The van der Waals surface area contributed by atoms with Gasteiger partial charge in [0, 0.05) is 11.4 Å². The molecule has 7 heteroatoms. The molecule has 0 fully saturated rings. The van der Waals surface area contributed by atoms with Crippen LogP contribution in [0.4, 0.5) is 16.5 Å². The molecule has 3 aromatic rings. The van der Waals surface area contributed by atoms with Crippen molar-refractivity contribution in [3.05, 3.63) is 58.7 Å². The van der Waals surface area contributed by atoms with E-state index in [1.165, 1.54) is 45.4 Å². The monoisotopic (exact) mass is 426 g/mol.